The Kier molecular flexibility index (Phi) is 4.76. The number of urea groups is 1. The summed E-state index contributed by atoms with van der Waals surface area (Å²) in [7, 11) is 0. The van der Waals surface area contributed by atoms with E-state index in [4.69, 9.17) is 0 Å². The van der Waals surface area contributed by atoms with E-state index in [1.165, 1.54) is 0 Å². The van der Waals surface area contributed by atoms with Crippen LogP contribution in [0.3, 0.4) is 0 Å². The van der Waals surface area contributed by atoms with Crippen LogP contribution in [0.25, 0.3) is 0 Å². The van der Waals surface area contributed by atoms with Gasteiger partial charge in [0, 0.05) is 29.9 Å². The second-order valence-corrected chi connectivity index (χ2v) is 6.74. The lowest BCUT2D eigenvalue weighted by molar-refractivity contribution is 0.0580. The number of hydrogen-bond donors (Lipinski definition) is 3. The monoisotopic (exact) mass is 331 g/mol. The third-order valence-corrected chi connectivity index (χ3v) is 5.01. The highest BCUT2D eigenvalue weighted by atomic mass is 16.3. The normalized spacial score (nSPS) is 25.5. The van der Waals surface area contributed by atoms with Gasteiger partial charge in [-0.15, -0.1) is 0 Å². The number of amides is 3. The van der Waals surface area contributed by atoms with Crippen LogP contribution in [-0.4, -0.2) is 46.7 Å². The first-order valence-corrected chi connectivity index (χ1v) is 8.65. The Morgan fingerprint density at radius 3 is 2.50 bits per heavy atom. The van der Waals surface area contributed by atoms with E-state index >= 15 is 0 Å². The molecule has 2 bridgehead atoms. The fraction of sp³-hybridized carbons (Fsp3) is 0.556. The van der Waals surface area contributed by atoms with Crippen molar-refractivity contribution in [2.24, 2.45) is 0 Å². The minimum atomic E-state index is -0.287. The fourth-order valence-electron chi connectivity index (χ4n) is 3.87. The van der Waals surface area contributed by atoms with Gasteiger partial charge < -0.3 is 20.6 Å². The first kappa shape index (κ1) is 16.8. The van der Waals surface area contributed by atoms with Gasteiger partial charge in [0.05, 0.1) is 6.10 Å². The number of anilines is 1. The van der Waals surface area contributed by atoms with Crippen LogP contribution < -0.4 is 10.6 Å². The van der Waals surface area contributed by atoms with Gasteiger partial charge in [0.1, 0.15) is 0 Å². The number of piperidine rings is 1. The number of fused-ring (bicyclic) bond motifs is 2. The molecule has 6 heteroatoms. The molecule has 3 amide bonds. The van der Waals surface area contributed by atoms with Gasteiger partial charge in [-0.2, -0.15) is 0 Å². The Morgan fingerprint density at radius 2 is 1.92 bits per heavy atom. The number of hydrogen-bond acceptors (Lipinski definition) is 3. The molecule has 0 radical (unpaired) electrons. The number of rotatable bonds is 3. The Bertz CT molecular complexity index is 632. The van der Waals surface area contributed by atoms with Crippen LogP contribution in [0.1, 0.15) is 48.5 Å². The predicted molar refractivity (Wildman–Crippen MR) is 92.1 cm³/mol. The molecular formula is C18H25N3O3. The van der Waals surface area contributed by atoms with Gasteiger partial charge in [-0.1, -0.05) is 0 Å². The summed E-state index contributed by atoms with van der Waals surface area (Å²) < 4.78 is 0. The quantitative estimate of drug-likeness (QED) is 0.794. The van der Waals surface area contributed by atoms with Crippen molar-refractivity contribution in [3.63, 3.8) is 0 Å². The summed E-state index contributed by atoms with van der Waals surface area (Å²) in [6.07, 6.45) is 2.97. The molecule has 3 N–H and O–H groups in total. The van der Waals surface area contributed by atoms with Crippen molar-refractivity contribution in [1.82, 2.24) is 10.2 Å². The first-order valence-electron chi connectivity index (χ1n) is 8.65. The molecule has 2 aliphatic rings. The largest absolute Gasteiger partial charge is 0.393 e. The zero-order valence-electron chi connectivity index (χ0n) is 14.2. The molecule has 0 saturated carbocycles. The maximum atomic E-state index is 12.7. The minimum absolute atomic E-state index is 0.108. The molecule has 0 aromatic heterocycles. The Balaban J connectivity index is 1.70. The number of nitrogens with one attached hydrogen (secondary N) is 2. The van der Waals surface area contributed by atoms with Gasteiger partial charge in [0.25, 0.3) is 5.91 Å². The standard InChI is InChI=1S/C18H25N3O3/c1-3-19-17(23)12-4-7-16(11(2)8-12)20-18(24)21-13-5-6-14(21)10-15(22)9-13/h4,7-8,13-15,22H,3,5-6,9-10H2,1-2H3,(H,19,23)(H,20,24). The van der Waals surface area contributed by atoms with Crippen LogP contribution in [0.15, 0.2) is 18.2 Å². The summed E-state index contributed by atoms with van der Waals surface area (Å²) in [5, 5.41) is 15.6. The Morgan fingerprint density at radius 1 is 1.25 bits per heavy atom. The molecule has 130 valence electrons. The number of carbonyl (C=O) groups excluding carboxylic acids is 2. The SMILES string of the molecule is CCNC(=O)c1ccc(NC(=O)N2C3CCC2CC(O)C3)c(C)c1. The van der Waals surface area contributed by atoms with Crippen LogP contribution in [0.4, 0.5) is 10.5 Å². The molecule has 0 spiro atoms. The summed E-state index contributed by atoms with van der Waals surface area (Å²) >= 11 is 0. The van der Waals surface area contributed by atoms with E-state index in [9.17, 15) is 14.7 Å². The number of benzene rings is 1. The maximum absolute atomic E-state index is 12.7. The van der Waals surface area contributed by atoms with Gasteiger partial charge in [0.2, 0.25) is 0 Å². The average Bonchev–Trinajstić information content (AvgIpc) is 2.81. The second kappa shape index (κ2) is 6.81. The highest BCUT2D eigenvalue weighted by molar-refractivity contribution is 5.96. The van der Waals surface area contributed by atoms with Crippen molar-refractivity contribution in [1.29, 1.82) is 0 Å². The highest BCUT2D eigenvalue weighted by Crippen LogP contribution is 2.36. The van der Waals surface area contributed by atoms with Crippen LogP contribution in [0.5, 0.6) is 0 Å². The van der Waals surface area contributed by atoms with E-state index in [2.05, 4.69) is 10.6 Å². The van der Waals surface area contributed by atoms with Crippen LogP contribution >= 0.6 is 0 Å². The van der Waals surface area contributed by atoms with Crippen molar-refractivity contribution in [2.75, 3.05) is 11.9 Å². The van der Waals surface area contributed by atoms with Crippen LogP contribution in [0.2, 0.25) is 0 Å². The molecule has 1 aromatic rings. The van der Waals surface area contributed by atoms with Crippen LogP contribution in [-0.2, 0) is 0 Å². The Hall–Kier alpha value is -2.08. The molecular weight excluding hydrogens is 306 g/mol. The molecule has 0 aliphatic carbocycles. The Labute approximate surface area is 142 Å². The van der Waals surface area contributed by atoms with E-state index in [-0.39, 0.29) is 30.1 Å². The maximum Gasteiger partial charge on any atom is 0.322 e. The second-order valence-electron chi connectivity index (χ2n) is 6.74. The summed E-state index contributed by atoms with van der Waals surface area (Å²) in [4.78, 5) is 26.4. The smallest absolute Gasteiger partial charge is 0.322 e. The molecule has 2 heterocycles. The third-order valence-electron chi connectivity index (χ3n) is 5.01. The molecule has 2 atom stereocenters. The van der Waals surface area contributed by atoms with E-state index < -0.39 is 0 Å². The van der Waals surface area contributed by atoms with E-state index in [1.807, 2.05) is 18.7 Å². The average molecular weight is 331 g/mol. The molecule has 2 fully saturated rings. The first-order chi connectivity index (χ1) is 11.5. The third kappa shape index (κ3) is 3.24. The summed E-state index contributed by atoms with van der Waals surface area (Å²) in [6, 6.07) is 5.45. The van der Waals surface area contributed by atoms with Crippen LogP contribution in [0, 0.1) is 6.92 Å². The molecule has 2 aliphatic heterocycles. The number of aryl methyl sites for hydroxylation is 1. The summed E-state index contributed by atoms with van der Waals surface area (Å²) in [5.74, 6) is -0.110. The fourth-order valence-corrected chi connectivity index (χ4v) is 3.87. The van der Waals surface area contributed by atoms with Gasteiger partial charge in [-0.05, 0) is 63.3 Å². The lowest BCUT2D eigenvalue weighted by Gasteiger charge is -2.37. The van der Waals surface area contributed by atoms with Gasteiger partial charge in [0.15, 0.2) is 0 Å². The van der Waals surface area contributed by atoms with E-state index in [0.29, 0.717) is 24.9 Å². The van der Waals surface area contributed by atoms with Crippen molar-refractivity contribution < 1.29 is 14.7 Å². The molecule has 2 unspecified atom stereocenters. The molecule has 24 heavy (non-hydrogen) atoms. The summed E-state index contributed by atoms with van der Waals surface area (Å²) in [6.45, 7) is 4.34. The molecule has 2 saturated heterocycles. The molecule has 6 nitrogen and oxygen atoms in total. The van der Waals surface area contributed by atoms with Crippen molar-refractivity contribution >= 4 is 17.6 Å². The van der Waals surface area contributed by atoms with Gasteiger partial charge >= 0.3 is 6.03 Å². The zero-order chi connectivity index (χ0) is 17.3. The number of carbonyl (C=O) groups is 2. The lowest BCUT2D eigenvalue weighted by atomic mass is 10.0. The van der Waals surface area contributed by atoms with E-state index in [1.54, 1.807) is 18.2 Å². The van der Waals surface area contributed by atoms with Gasteiger partial charge in [-0.3, -0.25) is 4.79 Å². The summed E-state index contributed by atoms with van der Waals surface area (Å²) in [5.41, 5.74) is 2.17. The number of aliphatic hydroxyl groups excluding tert-OH is 1. The topological polar surface area (TPSA) is 81.7 Å². The molecule has 1 aromatic carbocycles. The predicted octanol–water partition coefficient (Wildman–Crippen LogP) is 2.26. The minimum Gasteiger partial charge on any atom is -0.393 e. The van der Waals surface area contributed by atoms with Crippen molar-refractivity contribution in [2.45, 2.75) is 57.7 Å². The number of nitrogens with zero attached hydrogens (tertiary/aromatic N) is 1. The highest BCUT2D eigenvalue weighted by Gasteiger charge is 2.42. The van der Waals surface area contributed by atoms with Crippen molar-refractivity contribution in [3.05, 3.63) is 29.3 Å². The van der Waals surface area contributed by atoms with E-state index in [0.717, 1.165) is 24.1 Å². The zero-order valence-corrected chi connectivity index (χ0v) is 14.2. The lowest BCUT2D eigenvalue weighted by Crippen LogP contribution is -2.49. The van der Waals surface area contributed by atoms with Gasteiger partial charge in [-0.25, -0.2) is 4.79 Å². The number of aliphatic hydroxyl groups is 1. The van der Waals surface area contributed by atoms with Crippen molar-refractivity contribution in [3.8, 4) is 0 Å². The molecule has 3 rings (SSSR count).